The highest BCUT2D eigenvalue weighted by atomic mass is 19.1. The maximum Gasteiger partial charge on any atom is 0.224 e. The molecule has 3 aromatic heterocycles. The molecule has 8 nitrogen and oxygen atoms in total. The molecule has 0 saturated heterocycles. The number of carbonyl (C=O) groups excluding carboxylic acids is 1. The molecular weight excluding hydrogens is 481 g/mol. The van der Waals surface area contributed by atoms with Crippen LogP contribution in [0.2, 0.25) is 0 Å². The highest BCUT2D eigenvalue weighted by Gasteiger charge is 2.27. The second-order valence-electron chi connectivity index (χ2n) is 9.82. The number of pyridine rings is 2. The molecule has 5 aromatic rings. The summed E-state index contributed by atoms with van der Waals surface area (Å²) in [5.74, 6) is -0.0537. The maximum absolute atomic E-state index is 13.9. The second kappa shape index (κ2) is 9.59. The molecule has 1 amide bonds. The van der Waals surface area contributed by atoms with Gasteiger partial charge in [-0.05, 0) is 47.4 Å². The number of rotatable bonds is 6. The van der Waals surface area contributed by atoms with Gasteiger partial charge in [-0.3, -0.25) is 19.9 Å². The zero-order chi connectivity index (χ0) is 26.2. The van der Waals surface area contributed by atoms with E-state index in [1.807, 2.05) is 38.1 Å². The third-order valence-corrected chi connectivity index (χ3v) is 6.49. The van der Waals surface area contributed by atoms with Crippen LogP contribution in [0.3, 0.4) is 0 Å². The summed E-state index contributed by atoms with van der Waals surface area (Å²) >= 11 is 0. The molecule has 0 radical (unpaired) electrons. The Hall–Kier alpha value is -4.79. The molecule has 9 heteroatoms. The average Bonchev–Trinajstić information content (AvgIpc) is 3.52. The van der Waals surface area contributed by atoms with Crippen LogP contribution >= 0.6 is 0 Å². The Labute approximate surface area is 218 Å². The van der Waals surface area contributed by atoms with Crippen molar-refractivity contribution < 1.29 is 9.18 Å². The van der Waals surface area contributed by atoms with Crippen LogP contribution in [-0.2, 0) is 4.79 Å². The van der Waals surface area contributed by atoms with Crippen molar-refractivity contribution in [1.82, 2.24) is 20.2 Å². The number of amides is 1. The molecule has 190 valence electrons. The molecule has 0 saturated carbocycles. The lowest BCUT2D eigenvalue weighted by Crippen LogP contribution is -2.14. The smallest absolute Gasteiger partial charge is 0.224 e. The van der Waals surface area contributed by atoms with E-state index in [-0.39, 0.29) is 23.8 Å². The molecule has 38 heavy (non-hydrogen) atoms. The number of fused-ring (bicyclic) bond motifs is 2. The summed E-state index contributed by atoms with van der Waals surface area (Å²) in [5.41, 5.74) is 7.40. The van der Waals surface area contributed by atoms with Crippen LogP contribution in [0.5, 0.6) is 0 Å². The first-order chi connectivity index (χ1) is 18.4. The number of benzene rings is 2. The van der Waals surface area contributed by atoms with Gasteiger partial charge in [-0.2, -0.15) is 5.10 Å². The Kier molecular flexibility index (Phi) is 5.95. The predicted molar refractivity (Wildman–Crippen MR) is 147 cm³/mol. The van der Waals surface area contributed by atoms with Crippen LogP contribution < -0.4 is 16.0 Å². The van der Waals surface area contributed by atoms with Crippen molar-refractivity contribution in [2.24, 2.45) is 5.92 Å². The van der Waals surface area contributed by atoms with E-state index in [4.69, 9.17) is 0 Å². The van der Waals surface area contributed by atoms with Crippen molar-refractivity contribution >= 4 is 33.9 Å². The largest absolute Gasteiger partial charge is 0.358 e. The van der Waals surface area contributed by atoms with Gasteiger partial charge in [-0.1, -0.05) is 32.0 Å². The zero-order valence-corrected chi connectivity index (χ0v) is 20.9. The molecule has 2 aromatic carbocycles. The van der Waals surface area contributed by atoms with Crippen LogP contribution in [0, 0.1) is 11.7 Å². The summed E-state index contributed by atoms with van der Waals surface area (Å²) in [6.07, 6.45) is 7.07. The number of aromatic amines is 1. The van der Waals surface area contributed by atoms with E-state index >= 15 is 0 Å². The second-order valence-corrected chi connectivity index (χ2v) is 9.82. The van der Waals surface area contributed by atoms with Gasteiger partial charge in [0.1, 0.15) is 12.0 Å². The van der Waals surface area contributed by atoms with Crippen molar-refractivity contribution in [3.05, 3.63) is 84.8 Å². The molecule has 1 unspecified atom stereocenters. The normalized spacial score (nSPS) is 14.3. The number of H-pyrrole nitrogens is 1. The van der Waals surface area contributed by atoms with Crippen LogP contribution in [0.15, 0.2) is 73.3 Å². The van der Waals surface area contributed by atoms with Gasteiger partial charge in [0.2, 0.25) is 5.91 Å². The number of aromatic nitrogens is 4. The highest BCUT2D eigenvalue weighted by Crippen LogP contribution is 2.42. The molecule has 4 heterocycles. The first-order valence-electron chi connectivity index (χ1n) is 12.4. The Morgan fingerprint density at radius 3 is 2.68 bits per heavy atom. The predicted octanol–water partition coefficient (Wildman–Crippen LogP) is 6.35. The Balaban J connectivity index is 1.30. The number of nitrogens with zero attached hydrogens (tertiary/aromatic N) is 3. The minimum absolute atomic E-state index is 0.0310. The van der Waals surface area contributed by atoms with Crippen LogP contribution in [0.4, 0.5) is 21.5 Å². The zero-order valence-electron chi connectivity index (χ0n) is 20.9. The number of hydrogen-bond acceptors (Lipinski definition) is 6. The van der Waals surface area contributed by atoms with E-state index in [9.17, 15) is 9.18 Å². The first-order valence-corrected chi connectivity index (χ1v) is 12.4. The lowest BCUT2D eigenvalue weighted by Gasteiger charge is -2.12. The fourth-order valence-electron chi connectivity index (χ4n) is 4.76. The monoisotopic (exact) mass is 507 g/mol. The third-order valence-electron chi connectivity index (χ3n) is 6.49. The lowest BCUT2D eigenvalue weighted by atomic mass is 10.0. The van der Waals surface area contributed by atoms with E-state index in [1.54, 1.807) is 30.9 Å². The molecular formula is C29H26FN7O. The number of hydrogen-bond donors (Lipinski definition) is 4. The summed E-state index contributed by atoms with van der Waals surface area (Å²) in [5, 5.41) is 18.5. The summed E-state index contributed by atoms with van der Waals surface area (Å²) in [6, 6.07) is 14.4. The number of halogens is 1. The van der Waals surface area contributed by atoms with E-state index in [0.717, 1.165) is 50.2 Å². The Bertz CT molecular complexity index is 1660. The van der Waals surface area contributed by atoms with Crippen molar-refractivity contribution in [3.63, 3.8) is 0 Å². The summed E-state index contributed by atoms with van der Waals surface area (Å²) < 4.78 is 13.9. The Morgan fingerprint density at radius 2 is 1.84 bits per heavy atom. The van der Waals surface area contributed by atoms with Crippen LogP contribution in [0.25, 0.3) is 33.2 Å². The molecule has 1 aliphatic rings. The number of carbonyl (C=O) groups is 1. The van der Waals surface area contributed by atoms with Gasteiger partial charge in [0.15, 0.2) is 0 Å². The minimum atomic E-state index is -0.298. The van der Waals surface area contributed by atoms with Gasteiger partial charge in [-0.15, -0.1) is 0 Å². The topological polar surface area (TPSA) is 108 Å². The summed E-state index contributed by atoms with van der Waals surface area (Å²) in [6.45, 7) is 4.02. The minimum Gasteiger partial charge on any atom is -0.358 e. The van der Waals surface area contributed by atoms with E-state index in [2.05, 4.69) is 42.2 Å². The standard InChI is InChI=1S/C29H26FN7O/c1-16(2)8-26(38)33-21-10-19(12-31-13-21)17-6-7-24-22(11-17)28(37-36-24)29-34-25-15-32-14-23(27(25)35-29)18-4-3-5-20(30)9-18/h3-7,9-16,29,34-35H,8H2,1-2H3,(H,33,38)(H,36,37). The summed E-state index contributed by atoms with van der Waals surface area (Å²) in [7, 11) is 0. The first kappa shape index (κ1) is 23.6. The number of nitrogens with one attached hydrogen (secondary N) is 4. The quantitative estimate of drug-likeness (QED) is 0.213. The van der Waals surface area contributed by atoms with Crippen LogP contribution in [-0.4, -0.2) is 26.1 Å². The van der Waals surface area contributed by atoms with E-state index in [0.29, 0.717) is 12.1 Å². The number of anilines is 3. The molecule has 0 spiro atoms. The van der Waals surface area contributed by atoms with Gasteiger partial charge >= 0.3 is 0 Å². The SMILES string of the molecule is CC(C)CC(=O)Nc1cncc(-c2ccc3n[nH]c(C4Nc5cncc(-c6cccc(F)c6)c5N4)c3c2)c1. The van der Waals surface area contributed by atoms with E-state index < -0.39 is 0 Å². The molecule has 0 bridgehead atoms. The average molecular weight is 508 g/mol. The van der Waals surface area contributed by atoms with Crippen molar-refractivity contribution in [2.45, 2.75) is 26.4 Å². The molecule has 1 aliphatic heterocycles. The third kappa shape index (κ3) is 4.54. The van der Waals surface area contributed by atoms with Gasteiger partial charge in [0.25, 0.3) is 0 Å². The molecule has 6 rings (SSSR count). The van der Waals surface area contributed by atoms with Gasteiger partial charge < -0.3 is 16.0 Å². The fourth-order valence-corrected chi connectivity index (χ4v) is 4.76. The van der Waals surface area contributed by atoms with Crippen molar-refractivity contribution in [3.8, 4) is 22.3 Å². The van der Waals surface area contributed by atoms with Crippen molar-refractivity contribution in [2.75, 3.05) is 16.0 Å². The summed E-state index contributed by atoms with van der Waals surface area (Å²) in [4.78, 5) is 20.9. The van der Waals surface area contributed by atoms with Gasteiger partial charge in [0, 0.05) is 35.3 Å². The van der Waals surface area contributed by atoms with Gasteiger partial charge in [-0.25, -0.2) is 4.39 Å². The molecule has 0 fully saturated rings. The lowest BCUT2D eigenvalue weighted by molar-refractivity contribution is -0.116. The molecule has 1 atom stereocenters. The van der Waals surface area contributed by atoms with E-state index in [1.165, 1.54) is 12.1 Å². The van der Waals surface area contributed by atoms with Crippen molar-refractivity contribution in [1.29, 1.82) is 0 Å². The maximum atomic E-state index is 13.9. The highest BCUT2D eigenvalue weighted by molar-refractivity contribution is 5.93. The molecule has 0 aliphatic carbocycles. The van der Waals surface area contributed by atoms with Crippen LogP contribution in [0.1, 0.15) is 32.1 Å². The van der Waals surface area contributed by atoms with Gasteiger partial charge in [0.05, 0.1) is 40.7 Å². The molecule has 4 N–H and O–H groups in total. The Morgan fingerprint density at radius 1 is 0.974 bits per heavy atom. The fraction of sp³-hybridized carbons (Fsp3) is 0.172.